The third-order valence-electron chi connectivity index (χ3n) is 5.75. The molecule has 0 unspecified atom stereocenters. The van der Waals surface area contributed by atoms with Gasteiger partial charge in [0.2, 0.25) is 11.4 Å². The Bertz CT molecular complexity index is 1320. The van der Waals surface area contributed by atoms with Crippen molar-refractivity contribution >= 4 is 24.7 Å². The van der Waals surface area contributed by atoms with E-state index in [2.05, 4.69) is 15.4 Å². The second-order valence-corrected chi connectivity index (χ2v) is 9.55. The highest BCUT2D eigenvalue weighted by molar-refractivity contribution is 7.59. The molecular formula is C22H23N4O5P. The minimum atomic E-state index is -4.49. The van der Waals surface area contributed by atoms with Gasteiger partial charge in [-0.05, 0) is 55.3 Å². The molecule has 0 atom stereocenters. The third kappa shape index (κ3) is 4.02. The van der Waals surface area contributed by atoms with Crippen molar-refractivity contribution in [1.82, 2.24) is 14.6 Å². The predicted octanol–water partition coefficient (Wildman–Crippen LogP) is 3.91. The normalized spacial score (nSPS) is 15.3. The van der Waals surface area contributed by atoms with Crippen molar-refractivity contribution in [2.45, 2.75) is 38.1 Å². The van der Waals surface area contributed by atoms with E-state index in [4.69, 9.17) is 4.42 Å². The molecule has 1 saturated carbocycles. The van der Waals surface area contributed by atoms with Gasteiger partial charge in [0, 0.05) is 28.9 Å². The lowest BCUT2D eigenvalue weighted by molar-refractivity contribution is 0.377. The highest BCUT2D eigenvalue weighted by Gasteiger charge is 2.23. The van der Waals surface area contributed by atoms with Gasteiger partial charge in [0.1, 0.15) is 11.5 Å². The maximum atomic E-state index is 11.4. The van der Waals surface area contributed by atoms with Gasteiger partial charge in [-0.2, -0.15) is 4.98 Å². The summed E-state index contributed by atoms with van der Waals surface area (Å²) < 4.78 is 18.5. The fourth-order valence-corrected chi connectivity index (χ4v) is 4.64. The van der Waals surface area contributed by atoms with Crippen LogP contribution in [-0.2, 0) is 4.57 Å². The van der Waals surface area contributed by atoms with Crippen molar-refractivity contribution < 1.29 is 23.9 Å². The van der Waals surface area contributed by atoms with Gasteiger partial charge in [-0.3, -0.25) is 4.57 Å². The van der Waals surface area contributed by atoms with E-state index >= 15 is 0 Å². The van der Waals surface area contributed by atoms with E-state index < -0.39 is 13.1 Å². The van der Waals surface area contributed by atoms with Crippen LogP contribution in [0.15, 0.2) is 53.1 Å². The Morgan fingerprint density at radius 2 is 1.88 bits per heavy atom. The van der Waals surface area contributed by atoms with Crippen molar-refractivity contribution in [2.75, 3.05) is 5.32 Å². The average molecular weight is 454 g/mol. The number of nitrogens with zero attached hydrogens (tertiary/aromatic N) is 3. The molecule has 32 heavy (non-hydrogen) atoms. The minimum absolute atomic E-state index is 0.0495. The lowest BCUT2D eigenvalue weighted by atomic mass is 9.96. The van der Waals surface area contributed by atoms with Crippen molar-refractivity contribution in [3.63, 3.8) is 0 Å². The summed E-state index contributed by atoms with van der Waals surface area (Å²) in [6.45, 7) is 0. The van der Waals surface area contributed by atoms with Gasteiger partial charge in [0.05, 0.1) is 0 Å². The summed E-state index contributed by atoms with van der Waals surface area (Å²) in [6.07, 6.45) is 7.68. The standard InChI is InChI=1S/C22H23N4O5P/c27-18-9-8-14(19-10-11-20(31-19)32(28,29)30)13-17(18)16-7-4-12-26-21(16)24-22(25-26)23-15-5-2-1-3-6-15/h4,7-13,15,27H,1-3,5-6H2,(H,23,25)(H2,28,29,30). The molecule has 1 aliphatic carbocycles. The Balaban J connectivity index is 1.52. The highest BCUT2D eigenvalue weighted by atomic mass is 31.2. The molecule has 9 nitrogen and oxygen atoms in total. The first-order valence-electron chi connectivity index (χ1n) is 10.5. The largest absolute Gasteiger partial charge is 0.507 e. The molecule has 1 aliphatic rings. The van der Waals surface area contributed by atoms with Crippen LogP contribution in [0.25, 0.3) is 28.1 Å². The van der Waals surface area contributed by atoms with E-state index in [0.29, 0.717) is 34.3 Å². The summed E-state index contributed by atoms with van der Waals surface area (Å²) in [4.78, 5) is 23.3. The smallest absolute Gasteiger partial charge is 0.391 e. The number of hydrogen-bond donors (Lipinski definition) is 4. The second kappa shape index (κ2) is 8.09. The monoisotopic (exact) mass is 454 g/mol. The van der Waals surface area contributed by atoms with Crippen molar-refractivity contribution in [2.24, 2.45) is 0 Å². The van der Waals surface area contributed by atoms with Gasteiger partial charge >= 0.3 is 7.60 Å². The Morgan fingerprint density at radius 1 is 1.06 bits per heavy atom. The molecule has 3 heterocycles. The van der Waals surface area contributed by atoms with Gasteiger partial charge in [0.25, 0.3) is 0 Å². The Hall–Kier alpha value is -3.13. The lowest BCUT2D eigenvalue weighted by Gasteiger charge is -2.21. The maximum Gasteiger partial charge on any atom is 0.391 e. The quantitative estimate of drug-likeness (QED) is 0.334. The van der Waals surface area contributed by atoms with Crippen LogP contribution in [0.5, 0.6) is 5.75 Å². The SMILES string of the molecule is O=P(O)(O)c1ccc(-c2ccc(O)c(-c3cccn4nc(NC5CCCCC5)nc34)c2)o1. The first-order chi connectivity index (χ1) is 15.4. The van der Waals surface area contributed by atoms with Gasteiger partial charge in [-0.1, -0.05) is 19.3 Å². The molecule has 0 spiro atoms. The van der Waals surface area contributed by atoms with Gasteiger partial charge in [0.15, 0.2) is 5.65 Å². The van der Waals surface area contributed by atoms with E-state index in [9.17, 15) is 19.5 Å². The molecule has 0 radical (unpaired) electrons. The first kappa shape index (κ1) is 20.8. The number of fused-ring (bicyclic) bond motifs is 1. The second-order valence-electron chi connectivity index (χ2n) is 8.02. The molecule has 4 N–H and O–H groups in total. The van der Waals surface area contributed by atoms with Crippen LogP contribution in [0.3, 0.4) is 0 Å². The molecule has 0 saturated heterocycles. The number of phenolic OH excluding ortho intramolecular Hbond substituents is 1. The van der Waals surface area contributed by atoms with Crippen LogP contribution in [-0.4, -0.2) is 35.5 Å². The maximum absolute atomic E-state index is 11.4. The fourth-order valence-electron chi connectivity index (χ4n) is 4.15. The Kier molecular flexibility index (Phi) is 5.25. The summed E-state index contributed by atoms with van der Waals surface area (Å²) in [5, 5.41) is 18.5. The van der Waals surface area contributed by atoms with E-state index in [1.165, 1.54) is 37.5 Å². The number of furan rings is 1. The number of rotatable bonds is 5. The predicted molar refractivity (Wildman–Crippen MR) is 120 cm³/mol. The molecule has 1 aromatic carbocycles. The highest BCUT2D eigenvalue weighted by Crippen LogP contribution is 2.38. The number of aromatic hydroxyl groups is 1. The topological polar surface area (TPSA) is 133 Å². The van der Waals surface area contributed by atoms with Crippen LogP contribution < -0.4 is 10.8 Å². The number of phenols is 1. The van der Waals surface area contributed by atoms with Crippen LogP contribution >= 0.6 is 7.60 Å². The number of anilines is 1. The van der Waals surface area contributed by atoms with Gasteiger partial charge in [-0.15, -0.1) is 5.10 Å². The van der Waals surface area contributed by atoms with E-state index in [0.717, 1.165) is 12.8 Å². The zero-order valence-corrected chi connectivity index (χ0v) is 18.1. The Morgan fingerprint density at radius 3 is 2.62 bits per heavy atom. The minimum Gasteiger partial charge on any atom is -0.507 e. The molecule has 0 aliphatic heterocycles. The van der Waals surface area contributed by atoms with Crippen molar-refractivity contribution in [3.05, 3.63) is 48.7 Å². The first-order valence-corrected chi connectivity index (χ1v) is 12.1. The summed E-state index contributed by atoms with van der Waals surface area (Å²) >= 11 is 0. The number of aromatic nitrogens is 3. The van der Waals surface area contributed by atoms with Gasteiger partial charge < -0.3 is 24.6 Å². The fraction of sp³-hybridized carbons (Fsp3) is 0.273. The molecule has 5 rings (SSSR count). The molecule has 4 aromatic rings. The summed E-state index contributed by atoms with van der Waals surface area (Å²) in [7, 11) is -4.49. The molecule has 3 aromatic heterocycles. The number of pyridine rings is 1. The number of benzene rings is 1. The average Bonchev–Trinajstić information content (AvgIpc) is 3.42. The number of nitrogens with one attached hydrogen (secondary N) is 1. The zero-order valence-electron chi connectivity index (χ0n) is 17.2. The van der Waals surface area contributed by atoms with E-state index in [1.807, 2.05) is 12.1 Å². The van der Waals surface area contributed by atoms with Crippen LogP contribution in [0, 0.1) is 0 Å². The number of hydrogen-bond acceptors (Lipinski definition) is 6. The summed E-state index contributed by atoms with van der Waals surface area (Å²) in [5.41, 5.74) is 1.95. The van der Waals surface area contributed by atoms with Crippen molar-refractivity contribution in [3.8, 4) is 28.2 Å². The molecule has 0 amide bonds. The molecule has 0 bridgehead atoms. The van der Waals surface area contributed by atoms with Crippen LogP contribution in [0.4, 0.5) is 5.95 Å². The molecule has 166 valence electrons. The Labute approximate surface area is 183 Å². The molecule has 10 heteroatoms. The van der Waals surface area contributed by atoms with E-state index in [1.54, 1.807) is 22.8 Å². The molecular weight excluding hydrogens is 431 g/mol. The van der Waals surface area contributed by atoms with Crippen molar-refractivity contribution in [1.29, 1.82) is 0 Å². The van der Waals surface area contributed by atoms with Crippen LogP contribution in [0.1, 0.15) is 32.1 Å². The zero-order chi connectivity index (χ0) is 22.3. The lowest BCUT2D eigenvalue weighted by Crippen LogP contribution is -2.22. The molecule has 1 fully saturated rings. The van der Waals surface area contributed by atoms with Gasteiger partial charge in [-0.25, -0.2) is 4.52 Å². The summed E-state index contributed by atoms with van der Waals surface area (Å²) in [5.74, 6) is 0.892. The summed E-state index contributed by atoms with van der Waals surface area (Å²) in [6, 6.07) is 11.6. The third-order valence-corrected chi connectivity index (χ3v) is 6.57. The van der Waals surface area contributed by atoms with E-state index in [-0.39, 0.29) is 11.5 Å². The van der Waals surface area contributed by atoms with Crippen LogP contribution in [0.2, 0.25) is 0 Å².